The number of nitrogens with one attached hydrogen (secondary N) is 1. The molecular weight excluding hydrogens is 293 g/mol. The van der Waals surface area contributed by atoms with Crippen molar-refractivity contribution in [3.05, 3.63) is 60.2 Å². The van der Waals surface area contributed by atoms with Gasteiger partial charge in [-0.25, -0.2) is 0 Å². The lowest BCUT2D eigenvalue weighted by Gasteiger charge is -2.03. The van der Waals surface area contributed by atoms with E-state index in [1.54, 1.807) is 12.4 Å². The molecule has 0 fully saturated rings. The largest absolute Gasteiger partial charge is 0.307 e. The van der Waals surface area contributed by atoms with Gasteiger partial charge in [-0.1, -0.05) is 12.1 Å². The van der Waals surface area contributed by atoms with Crippen LogP contribution in [0.25, 0.3) is 0 Å². The molecule has 3 nitrogen and oxygen atoms in total. The summed E-state index contributed by atoms with van der Waals surface area (Å²) in [6.45, 7) is 1.61. The highest BCUT2D eigenvalue weighted by atomic mass is 35.5. The first kappa shape index (κ1) is 19.5. The molecule has 0 aliphatic heterocycles. The molecule has 0 unspecified atom stereocenters. The zero-order valence-electron chi connectivity index (χ0n) is 9.65. The lowest BCUT2D eigenvalue weighted by Crippen LogP contribution is -2.13. The normalized spacial score (nSPS) is 8.44. The Morgan fingerprint density at radius 1 is 0.889 bits per heavy atom. The summed E-state index contributed by atoms with van der Waals surface area (Å²) in [6, 6.07) is 9.92. The molecule has 2 aromatic heterocycles. The molecule has 18 heavy (non-hydrogen) atoms. The van der Waals surface area contributed by atoms with E-state index in [0.717, 1.165) is 18.8 Å². The van der Waals surface area contributed by atoms with Gasteiger partial charge >= 0.3 is 0 Å². The van der Waals surface area contributed by atoms with Crippen LogP contribution in [0.4, 0.5) is 0 Å². The summed E-state index contributed by atoms with van der Waals surface area (Å²) in [5, 5.41) is 3.32. The van der Waals surface area contributed by atoms with Crippen molar-refractivity contribution in [3.8, 4) is 0 Å². The molecule has 2 rings (SSSR count). The van der Waals surface area contributed by atoms with Crippen molar-refractivity contribution < 1.29 is 0 Å². The van der Waals surface area contributed by atoms with E-state index in [9.17, 15) is 0 Å². The Kier molecular flexibility index (Phi) is 12.2. The molecule has 0 aromatic carbocycles. The molecule has 0 aliphatic rings. The average molecular weight is 309 g/mol. The van der Waals surface area contributed by atoms with Crippen molar-refractivity contribution in [3.63, 3.8) is 0 Å². The molecule has 0 amide bonds. The van der Waals surface area contributed by atoms with Crippen LogP contribution in [-0.2, 0) is 13.1 Å². The van der Waals surface area contributed by atoms with E-state index in [-0.39, 0.29) is 37.2 Å². The maximum absolute atomic E-state index is 4.23. The second-order valence-corrected chi connectivity index (χ2v) is 3.29. The van der Waals surface area contributed by atoms with E-state index < -0.39 is 0 Å². The fourth-order valence-corrected chi connectivity index (χ4v) is 1.34. The van der Waals surface area contributed by atoms with Crippen molar-refractivity contribution in [2.75, 3.05) is 0 Å². The van der Waals surface area contributed by atoms with E-state index in [1.165, 1.54) is 5.56 Å². The third kappa shape index (κ3) is 6.77. The molecule has 0 radical (unpaired) electrons. The summed E-state index contributed by atoms with van der Waals surface area (Å²) < 4.78 is 0. The summed E-state index contributed by atoms with van der Waals surface area (Å²) in [7, 11) is 0. The predicted octanol–water partition coefficient (Wildman–Crippen LogP) is 3.03. The lowest BCUT2D eigenvalue weighted by atomic mass is 10.3. The second kappa shape index (κ2) is 11.2. The van der Waals surface area contributed by atoms with Gasteiger partial charge in [0.2, 0.25) is 0 Å². The SMILES string of the molecule is Cl.Cl.Cl.c1ccc(CNCc2cccnc2)nc1. The molecule has 1 N–H and O–H groups in total. The van der Waals surface area contributed by atoms with Crippen LogP contribution >= 0.6 is 37.2 Å². The maximum atomic E-state index is 4.23. The minimum atomic E-state index is 0. The number of pyridine rings is 2. The standard InChI is InChI=1S/C12H13N3.3ClH/c1-2-7-15-12(5-1)10-14-9-11-4-3-6-13-8-11;;;/h1-8,14H,9-10H2;3*1H. The molecule has 2 aromatic rings. The van der Waals surface area contributed by atoms with Crippen LogP contribution < -0.4 is 5.32 Å². The Morgan fingerprint density at radius 3 is 2.33 bits per heavy atom. The second-order valence-electron chi connectivity index (χ2n) is 3.29. The van der Waals surface area contributed by atoms with Crippen LogP contribution in [0.5, 0.6) is 0 Å². The summed E-state index contributed by atoms with van der Waals surface area (Å²) in [6.07, 6.45) is 5.45. The van der Waals surface area contributed by atoms with Crippen LogP contribution in [0.3, 0.4) is 0 Å². The monoisotopic (exact) mass is 307 g/mol. The highest BCUT2D eigenvalue weighted by molar-refractivity contribution is 5.86. The van der Waals surface area contributed by atoms with Crippen molar-refractivity contribution in [1.82, 2.24) is 15.3 Å². The Morgan fingerprint density at radius 2 is 1.72 bits per heavy atom. The number of nitrogens with zero attached hydrogens (tertiary/aromatic N) is 2. The van der Waals surface area contributed by atoms with Gasteiger partial charge in [0.1, 0.15) is 0 Å². The topological polar surface area (TPSA) is 37.8 Å². The van der Waals surface area contributed by atoms with Gasteiger partial charge in [0.15, 0.2) is 0 Å². The maximum Gasteiger partial charge on any atom is 0.0541 e. The van der Waals surface area contributed by atoms with Crippen molar-refractivity contribution in [2.45, 2.75) is 13.1 Å². The van der Waals surface area contributed by atoms with Gasteiger partial charge in [0.05, 0.1) is 5.69 Å². The number of hydrogen-bond donors (Lipinski definition) is 1. The first-order valence-electron chi connectivity index (χ1n) is 4.95. The minimum absolute atomic E-state index is 0. The van der Waals surface area contributed by atoms with E-state index in [0.29, 0.717) is 0 Å². The zero-order chi connectivity index (χ0) is 10.3. The molecular formula is C12H16Cl3N3. The highest BCUT2D eigenvalue weighted by Gasteiger charge is 1.93. The van der Waals surface area contributed by atoms with Crippen LogP contribution in [0.15, 0.2) is 48.9 Å². The number of rotatable bonds is 4. The lowest BCUT2D eigenvalue weighted by molar-refractivity contribution is 0.678. The van der Waals surface area contributed by atoms with Gasteiger partial charge < -0.3 is 5.32 Å². The Hall–Kier alpha value is -0.870. The van der Waals surface area contributed by atoms with E-state index in [1.807, 2.05) is 30.5 Å². The van der Waals surface area contributed by atoms with Gasteiger partial charge in [0.25, 0.3) is 0 Å². The van der Waals surface area contributed by atoms with Gasteiger partial charge in [-0.3, -0.25) is 9.97 Å². The summed E-state index contributed by atoms with van der Waals surface area (Å²) in [5.74, 6) is 0. The zero-order valence-corrected chi connectivity index (χ0v) is 12.1. The molecule has 0 saturated carbocycles. The fraction of sp³-hybridized carbons (Fsp3) is 0.167. The first-order valence-corrected chi connectivity index (χ1v) is 4.95. The van der Waals surface area contributed by atoms with Gasteiger partial charge in [-0.15, -0.1) is 37.2 Å². The summed E-state index contributed by atoms with van der Waals surface area (Å²) in [5.41, 5.74) is 2.25. The molecule has 0 bridgehead atoms. The van der Waals surface area contributed by atoms with Crippen molar-refractivity contribution in [2.24, 2.45) is 0 Å². The molecule has 0 aliphatic carbocycles. The third-order valence-corrected chi connectivity index (χ3v) is 2.08. The van der Waals surface area contributed by atoms with Gasteiger partial charge in [0, 0.05) is 31.7 Å². The Balaban J connectivity index is 0. The van der Waals surface area contributed by atoms with Crippen LogP contribution in [0, 0.1) is 0 Å². The fourth-order valence-electron chi connectivity index (χ4n) is 1.34. The van der Waals surface area contributed by atoms with Gasteiger partial charge in [-0.2, -0.15) is 0 Å². The van der Waals surface area contributed by atoms with E-state index in [4.69, 9.17) is 0 Å². The highest BCUT2D eigenvalue weighted by Crippen LogP contribution is 1.96. The number of hydrogen-bond acceptors (Lipinski definition) is 3. The third-order valence-electron chi connectivity index (χ3n) is 2.08. The van der Waals surface area contributed by atoms with Crippen molar-refractivity contribution in [1.29, 1.82) is 0 Å². The minimum Gasteiger partial charge on any atom is -0.307 e. The summed E-state index contributed by atoms with van der Waals surface area (Å²) in [4.78, 5) is 8.29. The van der Waals surface area contributed by atoms with Gasteiger partial charge in [-0.05, 0) is 23.8 Å². The smallest absolute Gasteiger partial charge is 0.0541 e. The molecule has 0 atom stereocenters. The first-order chi connectivity index (χ1) is 7.45. The quantitative estimate of drug-likeness (QED) is 0.943. The molecule has 0 spiro atoms. The molecule has 100 valence electrons. The Bertz CT molecular complexity index is 358. The van der Waals surface area contributed by atoms with Crippen LogP contribution in [0.1, 0.15) is 11.3 Å². The van der Waals surface area contributed by atoms with Crippen LogP contribution in [-0.4, -0.2) is 9.97 Å². The predicted molar refractivity (Wildman–Crippen MR) is 80.8 cm³/mol. The number of aromatic nitrogens is 2. The summed E-state index contributed by atoms with van der Waals surface area (Å²) >= 11 is 0. The van der Waals surface area contributed by atoms with E-state index >= 15 is 0 Å². The average Bonchev–Trinajstić information content (AvgIpc) is 2.32. The molecule has 2 heterocycles. The Labute approximate surface area is 126 Å². The van der Waals surface area contributed by atoms with Crippen molar-refractivity contribution >= 4 is 37.2 Å². The van der Waals surface area contributed by atoms with Crippen LogP contribution in [0.2, 0.25) is 0 Å². The van der Waals surface area contributed by atoms with E-state index in [2.05, 4.69) is 21.4 Å². The number of halogens is 3. The molecule has 6 heteroatoms. The molecule has 0 saturated heterocycles.